The van der Waals surface area contributed by atoms with E-state index in [-0.39, 0.29) is 4.90 Å². The molecule has 0 aliphatic rings. The molecule has 2 aromatic rings. The molecule has 0 radical (unpaired) electrons. The quantitative estimate of drug-likeness (QED) is 0.486. The summed E-state index contributed by atoms with van der Waals surface area (Å²) in [4.78, 5) is -0.147. The molecule has 0 saturated heterocycles. The van der Waals surface area contributed by atoms with E-state index < -0.39 is 10.1 Å². The van der Waals surface area contributed by atoms with Gasteiger partial charge in [0.1, 0.15) is 5.75 Å². The molecule has 6 heteroatoms. The van der Waals surface area contributed by atoms with Crippen molar-refractivity contribution in [1.82, 2.24) is 0 Å². The number of halogens is 1. The van der Waals surface area contributed by atoms with Crippen LogP contribution in [0.5, 0.6) is 5.75 Å². The van der Waals surface area contributed by atoms with Crippen LogP contribution < -0.4 is 4.74 Å². The van der Waals surface area contributed by atoms with Crippen molar-refractivity contribution < 1.29 is 17.7 Å². The summed E-state index contributed by atoms with van der Waals surface area (Å²) >= 11 is 3.35. The van der Waals surface area contributed by atoms with Gasteiger partial charge in [0.25, 0.3) is 10.1 Å². The minimum atomic E-state index is -4.24. The monoisotopic (exact) mass is 358 g/mol. The first-order valence-corrected chi connectivity index (χ1v) is 8.77. The van der Waals surface area contributed by atoms with Crippen molar-refractivity contribution >= 4 is 36.8 Å². The van der Waals surface area contributed by atoms with E-state index in [0.717, 1.165) is 28.9 Å². The number of alkyl halides is 1. The highest BCUT2D eigenvalue weighted by Gasteiger charge is 2.14. The number of ether oxygens (including phenoxy) is 1. The molecule has 0 bridgehead atoms. The Labute approximate surface area is 126 Å². The van der Waals surface area contributed by atoms with Crippen LogP contribution >= 0.6 is 15.9 Å². The Balaban J connectivity index is 2.39. The van der Waals surface area contributed by atoms with Crippen LogP contribution in [0.2, 0.25) is 0 Å². The van der Waals surface area contributed by atoms with Crippen LogP contribution in [0, 0.1) is 0 Å². The van der Waals surface area contributed by atoms with Gasteiger partial charge in [-0.3, -0.25) is 4.55 Å². The molecule has 20 heavy (non-hydrogen) atoms. The Morgan fingerprint density at radius 1 is 1.15 bits per heavy atom. The first kappa shape index (κ1) is 15.3. The number of benzene rings is 2. The molecule has 0 aliphatic carbocycles. The van der Waals surface area contributed by atoms with Gasteiger partial charge in [-0.1, -0.05) is 40.2 Å². The summed E-state index contributed by atoms with van der Waals surface area (Å²) in [6.45, 7) is 0.504. The van der Waals surface area contributed by atoms with Gasteiger partial charge in [-0.25, -0.2) is 0 Å². The Morgan fingerprint density at radius 2 is 1.90 bits per heavy atom. The zero-order chi connectivity index (χ0) is 14.6. The summed E-state index contributed by atoms with van der Waals surface area (Å²) < 4.78 is 37.5. The van der Waals surface area contributed by atoms with E-state index in [1.165, 1.54) is 12.1 Å². The number of hydrogen-bond acceptors (Lipinski definition) is 3. The summed E-state index contributed by atoms with van der Waals surface area (Å²) in [5.74, 6) is 0.477. The third-order valence-corrected chi connectivity index (χ3v) is 4.27. The number of rotatable bonds is 6. The van der Waals surface area contributed by atoms with Gasteiger partial charge in [0.15, 0.2) is 0 Å². The van der Waals surface area contributed by atoms with Crippen LogP contribution in [-0.4, -0.2) is 24.9 Å². The number of hydrogen-bond donors (Lipinski definition) is 1. The maximum absolute atomic E-state index is 11.3. The highest BCUT2D eigenvalue weighted by atomic mass is 79.9. The maximum atomic E-state index is 11.3. The number of unbranched alkanes of at least 4 members (excludes halogenated alkanes) is 1. The smallest absolute Gasteiger partial charge is 0.294 e. The molecule has 0 aromatic heterocycles. The lowest BCUT2D eigenvalue weighted by Crippen LogP contribution is -2.02. The first-order chi connectivity index (χ1) is 9.52. The van der Waals surface area contributed by atoms with Gasteiger partial charge in [-0.2, -0.15) is 8.42 Å². The summed E-state index contributed by atoms with van der Waals surface area (Å²) in [6, 6.07) is 10.1. The molecule has 108 valence electrons. The average molecular weight is 359 g/mol. The van der Waals surface area contributed by atoms with Crippen LogP contribution in [0.1, 0.15) is 12.8 Å². The second-order valence-electron chi connectivity index (χ2n) is 4.36. The highest BCUT2D eigenvalue weighted by molar-refractivity contribution is 9.09. The molecule has 2 rings (SSSR count). The average Bonchev–Trinajstić information content (AvgIpc) is 2.42. The third-order valence-electron chi connectivity index (χ3n) is 2.88. The zero-order valence-electron chi connectivity index (χ0n) is 10.8. The first-order valence-electron chi connectivity index (χ1n) is 6.21. The van der Waals surface area contributed by atoms with E-state index in [1.54, 1.807) is 6.07 Å². The molecule has 0 spiro atoms. The van der Waals surface area contributed by atoms with Gasteiger partial charge in [0.05, 0.1) is 11.5 Å². The van der Waals surface area contributed by atoms with E-state index in [9.17, 15) is 13.0 Å². The van der Waals surface area contributed by atoms with E-state index in [2.05, 4.69) is 15.9 Å². The number of fused-ring (bicyclic) bond motifs is 1. The minimum Gasteiger partial charge on any atom is -0.493 e. The van der Waals surface area contributed by atoms with Gasteiger partial charge in [0, 0.05) is 16.8 Å². The van der Waals surface area contributed by atoms with Gasteiger partial charge in [0.2, 0.25) is 0 Å². The maximum Gasteiger partial charge on any atom is 0.294 e. The Morgan fingerprint density at radius 3 is 2.60 bits per heavy atom. The summed E-state index contributed by atoms with van der Waals surface area (Å²) in [5, 5.41) is 2.46. The molecule has 0 saturated carbocycles. The van der Waals surface area contributed by atoms with Crippen molar-refractivity contribution in [3.63, 3.8) is 0 Å². The predicted octanol–water partition coefficient (Wildman–Crippen LogP) is 3.64. The molecular formula is C14H15BrO4S. The Hall–Kier alpha value is -1.11. The molecule has 4 nitrogen and oxygen atoms in total. The van der Waals surface area contributed by atoms with Crippen molar-refractivity contribution in [3.05, 3.63) is 36.4 Å². The van der Waals surface area contributed by atoms with Crippen LogP contribution in [0.3, 0.4) is 0 Å². The van der Waals surface area contributed by atoms with Gasteiger partial charge in [-0.15, -0.1) is 0 Å². The van der Waals surface area contributed by atoms with Crippen LogP contribution in [-0.2, 0) is 10.1 Å². The summed E-state index contributed by atoms with van der Waals surface area (Å²) in [5.41, 5.74) is 0. The predicted molar refractivity (Wildman–Crippen MR) is 82.3 cm³/mol. The van der Waals surface area contributed by atoms with Crippen molar-refractivity contribution in [2.75, 3.05) is 11.9 Å². The zero-order valence-corrected chi connectivity index (χ0v) is 13.2. The van der Waals surface area contributed by atoms with Crippen LogP contribution in [0.15, 0.2) is 41.3 Å². The van der Waals surface area contributed by atoms with E-state index in [0.29, 0.717) is 12.4 Å². The molecule has 2 aromatic carbocycles. The normalized spacial score (nSPS) is 11.7. The van der Waals surface area contributed by atoms with Crippen molar-refractivity contribution in [3.8, 4) is 5.75 Å². The molecule has 0 unspecified atom stereocenters. The minimum absolute atomic E-state index is 0.147. The molecule has 0 heterocycles. The third kappa shape index (κ3) is 3.71. The van der Waals surface area contributed by atoms with Gasteiger partial charge < -0.3 is 4.74 Å². The SMILES string of the molecule is O=S(=O)(O)c1cc(OCCCCBr)c2ccccc2c1. The fourth-order valence-corrected chi connectivity index (χ4v) is 2.82. The van der Waals surface area contributed by atoms with Gasteiger partial charge in [-0.05, 0) is 24.3 Å². The second kappa shape index (κ2) is 6.56. The fourth-order valence-electron chi connectivity index (χ4n) is 1.90. The lowest BCUT2D eigenvalue weighted by Gasteiger charge is -2.10. The lowest BCUT2D eigenvalue weighted by atomic mass is 10.1. The van der Waals surface area contributed by atoms with Gasteiger partial charge >= 0.3 is 0 Å². The van der Waals surface area contributed by atoms with Crippen molar-refractivity contribution in [1.29, 1.82) is 0 Å². The van der Waals surface area contributed by atoms with E-state index >= 15 is 0 Å². The molecule has 0 aliphatic heterocycles. The Kier molecular flexibility index (Phi) is 5.01. The molecule has 0 fully saturated rings. The highest BCUT2D eigenvalue weighted by Crippen LogP contribution is 2.29. The molecular weight excluding hydrogens is 344 g/mol. The second-order valence-corrected chi connectivity index (χ2v) is 6.58. The van der Waals surface area contributed by atoms with Crippen LogP contribution in [0.4, 0.5) is 0 Å². The summed E-state index contributed by atoms with van der Waals surface area (Å²) in [7, 11) is -4.24. The molecule has 1 N–H and O–H groups in total. The molecule has 0 atom stereocenters. The fraction of sp³-hybridized carbons (Fsp3) is 0.286. The summed E-state index contributed by atoms with van der Waals surface area (Å²) in [6.07, 6.45) is 1.85. The van der Waals surface area contributed by atoms with E-state index in [1.807, 2.05) is 18.2 Å². The Bertz CT molecular complexity index is 697. The molecule has 0 amide bonds. The van der Waals surface area contributed by atoms with Crippen molar-refractivity contribution in [2.45, 2.75) is 17.7 Å². The van der Waals surface area contributed by atoms with E-state index in [4.69, 9.17) is 4.74 Å². The lowest BCUT2D eigenvalue weighted by molar-refractivity contribution is 0.312. The topological polar surface area (TPSA) is 63.6 Å². The standard InChI is InChI=1S/C14H15BrO4S/c15-7-3-4-8-19-14-10-12(20(16,17)18)9-11-5-1-2-6-13(11)14/h1-2,5-6,9-10H,3-4,7-8H2,(H,16,17,18). The van der Waals surface area contributed by atoms with Crippen LogP contribution in [0.25, 0.3) is 10.8 Å². The largest absolute Gasteiger partial charge is 0.493 e. The van der Waals surface area contributed by atoms with Crippen molar-refractivity contribution in [2.24, 2.45) is 0 Å².